The van der Waals surface area contributed by atoms with Crippen LogP contribution in [0.5, 0.6) is 0 Å². The van der Waals surface area contributed by atoms with Crippen molar-refractivity contribution in [2.24, 2.45) is 5.73 Å². The lowest BCUT2D eigenvalue weighted by Gasteiger charge is -2.19. The molecule has 0 aliphatic heterocycles. The standard InChI is InChI=1S/C21H22N4O/c22-11-16(10-14-4-2-1-3-5-14)25-21(26)19-13-24-20-17-8-9-23-12-15(17)6-7-18(19)20/h1-5,8-9,12-13,16,24H,6-7,10-11,22H2,(H,25,26)/t16-/m0/s1. The molecule has 0 saturated heterocycles. The Bertz CT molecular complexity index is 917. The number of fused-ring (bicyclic) bond motifs is 3. The predicted molar refractivity (Wildman–Crippen MR) is 102 cm³/mol. The van der Waals surface area contributed by atoms with E-state index in [1.807, 2.05) is 36.7 Å². The molecule has 26 heavy (non-hydrogen) atoms. The second kappa shape index (κ2) is 7.14. The molecule has 1 aliphatic carbocycles. The van der Waals surface area contributed by atoms with E-state index in [9.17, 15) is 4.79 Å². The molecule has 5 heteroatoms. The van der Waals surface area contributed by atoms with Crippen molar-refractivity contribution >= 4 is 5.91 Å². The third kappa shape index (κ3) is 3.13. The number of aryl methyl sites for hydroxylation is 1. The SMILES string of the molecule is NC[C@H](Cc1ccccc1)NC(=O)c1c[nH]c2c1CCc1cnccc1-2. The molecule has 0 saturated carbocycles. The van der Waals surface area contributed by atoms with Gasteiger partial charge in [-0.2, -0.15) is 0 Å². The van der Waals surface area contributed by atoms with E-state index in [0.717, 1.165) is 36.1 Å². The number of aromatic amines is 1. The number of amides is 1. The Balaban J connectivity index is 1.54. The highest BCUT2D eigenvalue weighted by atomic mass is 16.1. The fourth-order valence-electron chi connectivity index (χ4n) is 3.64. The summed E-state index contributed by atoms with van der Waals surface area (Å²) < 4.78 is 0. The quantitative estimate of drug-likeness (QED) is 0.663. The zero-order valence-electron chi connectivity index (χ0n) is 14.5. The molecule has 0 spiro atoms. The van der Waals surface area contributed by atoms with Gasteiger partial charge in [0.05, 0.1) is 5.56 Å². The normalized spacial score (nSPS) is 13.6. The highest BCUT2D eigenvalue weighted by molar-refractivity contribution is 5.98. The van der Waals surface area contributed by atoms with Gasteiger partial charge in [-0.05, 0) is 42.0 Å². The van der Waals surface area contributed by atoms with Gasteiger partial charge in [0.25, 0.3) is 5.91 Å². The van der Waals surface area contributed by atoms with E-state index in [-0.39, 0.29) is 11.9 Å². The first-order valence-electron chi connectivity index (χ1n) is 8.94. The second-order valence-electron chi connectivity index (χ2n) is 6.68. The number of pyridine rings is 1. The van der Waals surface area contributed by atoms with Crippen LogP contribution in [0.1, 0.15) is 27.0 Å². The monoisotopic (exact) mass is 346 g/mol. The molecule has 0 radical (unpaired) electrons. The number of nitrogens with one attached hydrogen (secondary N) is 2. The van der Waals surface area contributed by atoms with E-state index < -0.39 is 0 Å². The first kappa shape index (κ1) is 16.5. The summed E-state index contributed by atoms with van der Waals surface area (Å²) in [7, 11) is 0. The number of nitrogens with zero attached hydrogens (tertiary/aromatic N) is 1. The molecule has 3 aromatic rings. The van der Waals surface area contributed by atoms with Crippen molar-refractivity contribution in [3.63, 3.8) is 0 Å². The van der Waals surface area contributed by atoms with Crippen LogP contribution in [0.3, 0.4) is 0 Å². The van der Waals surface area contributed by atoms with Crippen LogP contribution in [0.2, 0.25) is 0 Å². The lowest BCUT2D eigenvalue weighted by Crippen LogP contribution is -2.41. The minimum atomic E-state index is -0.0875. The number of H-pyrrole nitrogens is 1. The topological polar surface area (TPSA) is 83.8 Å². The van der Waals surface area contributed by atoms with Crippen LogP contribution < -0.4 is 11.1 Å². The lowest BCUT2D eigenvalue weighted by atomic mass is 9.90. The highest BCUT2D eigenvalue weighted by Crippen LogP contribution is 2.33. The van der Waals surface area contributed by atoms with E-state index in [1.54, 1.807) is 6.20 Å². The molecule has 1 aliphatic rings. The van der Waals surface area contributed by atoms with E-state index in [1.165, 1.54) is 11.1 Å². The molecule has 4 rings (SSSR count). The van der Waals surface area contributed by atoms with Crippen LogP contribution in [0, 0.1) is 0 Å². The fourth-order valence-corrected chi connectivity index (χ4v) is 3.64. The lowest BCUT2D eigenvalue weighted by molar-refractivity contribution is 0.0937. The summed E-state index contributed by atoms with van der Waals surface area (Å²) in [6, 6.07) is 12.0. The molecule has 5 nitrogen and oxygen atoms in total. The molecular formula is C21H22N4O. The maximum atomic E-state index is 12.9. The Morgan fingerprint density at radius 2 is 2.08 bits per heavy atom. The summed E-state index contributed by atoms with van der Waals surface area (Å²) >= 11 is 0. The van der Waals surface area contributed by atoms with Gasteiger partial charge in [0, 0.05) is 42.4 Å². The van der Waals surface area contributed by atoms with E-state index in [0.29, 0.717) is 12.1 Å². The molecular weight excluding hydrogens is 324 g/mol. The second-order valence-corrected chi connectivity index (χ2v) is 6.68. The van der Waals surface area contributed by atoms with Crippen LogP contribution >= 0.6 is 0 Å². The highest BCUT2D eigenvalue weighted by Gasteiger charge is 2.24. The third-order valence-electron chi connectivity index (χ3n) is 4.99. The Labute approximate surface area is 152 Å². The van der Waals surface area contributed by atoms with Gasteiger partial charge >= 0.3 is 0 Å². The summed E-state index contributed by atoms with van der Waals surface area (Å²) in [5.74, 6) is -0.0635. The van der Waals surface area contributed by atoms with Crippen LogP contribution in [0.15, 0.2) is 55.0 Å². The van der Waals surface area contributed by atoms with Gasteiger partial charge in [0.1, 0.15) is 0 Å². The number of aromatic nitrogens is 2. The van der Waals surface area contributed by atoms with Crippen LogP contribution in [0.4, 0.5) is 0 Å². The summed E-state index contributed by atoms with van der Waals surface area (Å²) in [6.45, 7) is 0.405. The molecule has 1 amide bonds. The third-order valence-corrected chi connectivity index (χ3v) is 4.99. The molecule has 0 unspecified atom stereocenters. The van der Waals surface area contributed by atoms with Gasteiger partial charge in [-0.1, -0.05) is 30.3 Å². The zero-order valence-corrected chi connectivity index (χ0v) is 14.5. The van der Waals surface area contributed by atoms with E-state index in [4.69, 9.17) is 5.73 Å². The van der Waals surface area contributed by atoms with Crippen LogP contribution in [-0.4, -0.2) is 28.5 Å². The van der Waals surface area contributed by atoms with Crippen molar-refractivity contribution in [1.29, 1.82) is 0 Å². The largest absolute Gasteiger partial charge is 0.360 e. The van der Waals surface area contributed by atoms with Gasteiger partial charge < -0.3 is 16.0 Å². The Hall–Kier alpha value is -2.92. The maximum absolute atomic E-state index is 12.9. The number of carbonyl (C=O) groups excluding carboxylic acids is 1. The maximum Gasteiger partial charge on any atom is 0.253 e. The van der Waals surface area contributed by atoms with Crippen LogP contribution in [-0.2, 0) is 19.3 Å². The Morgan fingerprint density at radius 3 is 2.88 bits per heavy atom. The van der Waals surface area contributed by atoms with Gasteiger partial charge in [-0.15, -0.1) is 0 Å². The van der Waals surface area contributed by atoms with Crippen molar-refractivity contribution in [3.8, 4) is 11.3 Å². The number of carbonyl (C=O) groups is 1. The van der Waals surface area contributed by atoms with Crippen molar-refractivity contribution in [1.82, 2.24) is 15.3 Å². The molecule has 132 valence electrons. The first-order valence-corrected chi connectivity index (χ1v) is 8.94. The molecule has 1 atom stereocenters. The van der Waals surface area contributed by atoms with E-state index >= 15 is 0 Å². The predicted octanol–water partition coefficient (Wildman–Crippen LogP) is 2.48. The molecule has 2 heterocycles. The summed E-state index contributed by atoms with van der Waals surface area (Å²) in [5, 5.41) is 3.10. The summed E-state index contributed by atoms with van der Waals surface area (Å²) in [5.41, 5.74) is 12.3. The van der Waals surface area contributed by atoms with Gasteiger partial charge in [-0.25, -0.2) is 0 Å². The van der Waals surface area contributed by atoms with Gasteiger partial charge in [0.2, 0.25) is 0 Å². The van der Waals surface area contributed by atoms with Crippen molar-refractivity contribution in [2.45, 2.75) is 25.3 Å². The Kier molecular flexibility index (Phi) is 4.54. The molecule has 1 aromatic carbocycles. The number of nitrogens with two attached hydrogens (primary N) is 1. The smallest absolute Gasteiger partial charge is 0.253 e. The molecule has 2 aromatic heterocycles. The van der Waals surface area contributed by atoms with Crippen molar-refractivity contribution in [3.05, 3.63) is 77.2 Å². The van der Waals surface area contributed by atoms with E-state index in [2.05, 4.69) is 27.4 Å². The number of benzene rings is 1. The molecule has 0 bridgehead atoms. The van der Waals surface area contributed by atoms with Crippen molar-refractivity contribution < 1.29 is 4.79 Å². The number of hydrogen-bond acceptors (Lipinski definition) is 3. The fraction of sp³-hybridized carbons (Fsp3) is 0.238. The van der Waals surface area contributed by atoms with Crippen LogP contribution in [0.25, 0.3) is 11.3 Å². The van der Waals surface area contributed by atoms with Crippen molar-refractivity contribution in [2.75, 3.05) is 6.54 Å². The van der Waals surface area contributed by atoms with Gasteiger partial charge in [0.15, 0.2) is 0 Å². The zero-order chi connectivity index (χ0) is 17.9. The molecule has 4 N–H and O–H groups in total. The average molecular weight is 346 g/mol. The summed E-state index contributed by atoms with van der Waals surface area (Å²) in [4.78, 5) is 20.3. The summed E-state index contributed by atoms with van der Waals surface area (Å²) in [6.07, 6.45) is 7.97. The van der Waals surface area contributed by atoms with Gasteiger partial charge in [-0.3, -0.25) is 9.78 Å². The minimum absolute atomic E-state index is 0.0635. The first-order chi connectivity index (χ1) is 12.8. The molecule has 0 fully saturated rings. The minimum Gasteiger partial charge on any atom is -0.360 e. The number of hydrogen-bond donors (Lipinski definition) is 3. The average Bonchev–Trinajstić information content (AvgIpc) is 3.13. The Morgan fingerprint density at radius 1 is 1.23 bits per heavy atom. The number of rotatable bonds is 5.